The van der Waals surface area contributed by atoms with Gasteiger partial charge in [-0.3, -0.25) is 9.88 Å². The van der Waals surface area contributed by atoms with E-state index in [4.69, 9.17) is 0 Å². The summed E-state index contributed by atoms with van der Waals surface area (Å²) in [7, 11) is 0. The van der Waals surface area contributed by atoms with E-state index in [9.17, 15) is 5.26 Å². The predicted octanol–water partition coefficient (Wildman–Crippen LogP) is 5.22. The van der Waals surface area contributed by atoms with Crippen molar-refractivity contribution >= 4 is 10.9 Å². The van der Waals surface area contributed by atoms with Crippen molar-refractivity contribution in [1.29, 1.82) is 5.26 Å². The summed E-state index contributed by atoms with van der Waals surface area (Å²) in [6, 6.07) is 19.9. The summed E-state index contributed by atoms with van der Waals surface area (Å²) < 4.78 is 0. The van der Waals surface area contributed by atoms with Gasteiger partial charge < -0.3 is 4.90 Å². The van der Waals surface area contributed by atoms with Crippen LogP contribution in [-0.4, -0.2) is 47.0 Å². The molecule has 2 aliphatic heterocycles. The Balaban J connectivity index is 1.31. The molecule has 0 N–H and O–H groups in total. The van der Waals surface area contributed by atoms with E-state index in [1.54, 1.807) is 6.20 Å². The van der Waals surface area contributed by atoms with Crippen molar-refractivity contribution in [3.63, 3.8) is 0 Å². The highest BCUT2D eigenvalue weighted by atomic mass is 15.2. The number of hydrogen-bond donors (Lipinski definition) is 0. The average Bonchev–Trinajstić information content (AvgIpc) is 2.84. The Labute approximate surface area is 185 Å². The molecule has 31 heavy (non-hydrogen) atoms. The number of likely N-dealkylation sites (tertiary alicyclic amines) is 2. The molecule has 0 radical (unpaired) electrons. The van der Waals surface area contributed by atoms with Gasteiger partial charge in [-0.2, -0.15) is 5.26 Å². The number of benzene rings is 2. The smallest absolute Gasteiger partial charge is 0.101 e. The first kappa shape index (κ1) is 20.2. The lowest BCUT2D eigenvalue weighted by Crippen LogP contribution is -2.46. The van der Waals surface area contributed by atoms with E-state index >= 15 is 0 Å². The molecule has 0 saturated carbocycles. The van der Waals surface area contributed by atoms with E-state index in [0.717, 1.165) is 29.1 Å². The van der Waals surface area contributed by atoms with Crippen LogP contribution in [0.25, 0.3) is 22.0 Å². The number of nitrogens with zero attached hydrogens (tertiary/aromatic N) is 4. The Hall–Kier alpha value is -2.74. The van der Waals surface area contributed by atoms with Gasteiger partial charge in [0.2, 0.25) is 0 Å². The topological polar surface area (TPSA) is 43.2 Å². The highest BCUT2D eigenvalue weighted by molar-refractivity contribution is 5.97. The second kappa shape index (κ2) is 9.18. The fourth-order valence-electron chi connectivity index (χ4n) is 5.34. The van der Waals surface area contributed by atoms with Gasteiger partial charge in [0.1, 0.15) is 6.07 Å². The van der Waals surface area contributed by atoms with E-state index < -0.39 is 0 Å². The zero-order chi connectivity index (χ0) is 21.0. The number of aromatic nitrogens is 1. The van der Waals surface area contributed by atoms with Crippen molar-refractivity contribution < 1.29 is 0 Å². The predicted molar refractivity (Wildman–Crippen MR) is 126 cm³/mol. The van der Waals surface area contributed by atoms with Crippen LogP contribution in [0, 0.1) is 11.3 Å². The van der Waals surface area contributed by atoms with Gasteiger partial charge in [0.05, 0.1) is 11.1 Å². The summed E-state index contributed by atoms with van der Waals surface area (Å²) in [5.41, 5.74) is 5.12. The van der Waals surface area contributed by atoms with Gasteiger partial charge in [-0.05, 0) is 86.8 Å². The van der Waals surface area contributed by atoms with Crippen molar-refractivity contribution in [3.8, 4) is 17.2 Å². The number of pyridine rings is 1. The van der Waals surface area contributed by atoms with E-state index in [1.165, 1.54) is 69.4 Å². The van der Waals surface area contributed by atoms with E-state index in [2.05, 4.69) is 57.3 Å². The SMILES string of the molecule is N#Cc1ccc(-c2cccc(CN3CCC(N4CCCCC4)CC3)c2)c2cccnc12. The molecule has 2 fully saturated rings. The number of piperidine rings is 2. The summed E-state index contributed by atoms with van der Waals surface area (Å²) in [6.45, 7) is 6.00. The van der Waals surface area contributed by atoms with Crippen LogP contribution >= 0.6 is 0 Å². The van der Waals surface area contributed by atoms with Crippen LogP contribution < -0.4 is 0 Å². The molecule has 0 aliphatic carbocycles. The molecule has 2 aliphatic rings. The molecule has 3 heterocycles. The van der Waals surface area contributed by atoms with Gasteiger partial charge in [0.25, 0.3) is 0 Å². The van der Waals surface area contributed by atoms with Crippen LogP contribution in [0.1, 0.15) is 43.2 Å². The summed E-state index contributed by atoms with van der Waals surface area (Å²) in [5, 5.41) is 10.5. The molecule has 0 unspecified atom stereocenters. The first-order valence-electron chi connectivity index (χ1n) is 11.7. The van der Waals surface area contributed by atoms with Crippen LogP contribution in [-0.2, 0) is 6.54 Å². The van der Waals surface area contributed by atoms with Crippen LogP contribution in [0.3, 0.4) is 0 Å². The molecule has 4 heteroatoms. The molecule has 4 nitrogen and oxygen atoms in total. The molecule has 2 saturated heterocycles. The fraction of sp³-hybridized carbons (Fsp3) is 0.407. The molecule has 0 atom stereocenters. The Bertz CT molecular complexity index is 1090. The molecular weight excluding hydrogens is 380 g/mol. The minimum atomic E-state index is 0.632. The standard InChI is InChI=1S/C27H30N4/c28-19-23-9-10-25(26-8-5-13-29-27(23)26)22-7-4-6-21(18-22)20-30-16-11-24(12-17-30)31-14-2-1-3-15-31/h4-10,13,18,24H,1-3,11-12,14-17,20H2. The molecular formula is C27H30N4. The molecule has 158 valence electrons. The normalized spacial score (nSPS) is 18.8. The Morgan fingerprint density at radius 3 is 2.58 bits per heavy atom. The van der Waals surface area contributed by atoms with Crippen LogP contribution in [0.4, 0.5) is 0 Å². The fourth-order valence-corrected chi connectivity index (χ4v) is 5.34. The first-order chi connectivity index (χ1) is 15.3. The Morgan fingerprint density at radius 2 is 1.77 bits per heavy atom. The van der Waals surface area contributed by atoms with Crippen molar-refractivity contribution in [1.82, 2.24) is 14.8 Å². The largest absolute Gasteiger partial charge is 0.300 e. The Morgan fingerprint density at radius 1 is 0.935 bits per heavy atom. The van der Waals surface area contributed by atoms with Crippen molar-refractivity contribution in [2.75, 3.05) is 26.2 Å². The summed E-state index contributed by atoms with van der Waals surface area (Å²) in [5.74, 6) is 0. The second-order valence-electron chi connectivity index (χ2n) is 8.98. The molecule has 0 bridgehead atoms. The van der Waals surface area contributed by atoms with Crippen LogP contribution in [0.2, 0.25) is 0 Å². The van der Waals surface area contributed by atoms with Gasteiger partial charge in [-0.25, -0.2) is 0 Å². The molecule has 2 aromatic carbocycles. The van der Waals surface area contributed by atoms with Crippen molar-refractivity contribution in [3.05, 3.63) is 65.9 Å². The summed E-state index contributed by atoms with van der Waals surface area (Å²) in [4.78, 5) is 9.82. The maximum Gasteiger partial charge on any atom is 0.101 e. The van der Waals surface area contributed by atoms with E-state index in [1.807, 2.05) is 12.1 Å². The lowest BCUT2D eigenvalue weighted by Gasteiger charge is -2.40. The highest BCUT2D eigenvalue weighted by Gasteiger charge is 2.25. The van der Waals surface area contributed by atoms with Gasteiger partial charge in [0.15, 0.2) is 0 Å². The third kappa shape index (κ3) is 4.35. The zero-order valence-electron chi connectivity index (χ0n) is 18.1. The molecule has 1 aromatic heterocycles. The number of hydrogen-bond acceptors (Lipinski definition) is 4. The number of rotatable bonds is 4. The van der Waals surface area contributed by atoms with Gasteiger partial charge in [0, 0.05) is 24.2 Å². The van der Waals surface area contributed by atoms with E-state index in [-0.39, 0.29) is 0 Å². The first-order valence-corrected chi connectivity index (χ1v) is 11.7. The third-order valence-electron chi connectivity index (χ3n) is 7.00. The molecule has 0 spiro atoms. The molecule has 3 aromatic rings. The summed E-state index contributed by atoms with van der Waals surface area (Å²) >= 11 is 0. The quantitative estimate of drug-likeness (QED) is 0.591. The lowest BCUT2D eigenvalue weighted by atomic mass is 9.96. The maximum absolute atomic E-state index is 9.43. The van der Waals surface area contributed by atoms with Crippen LogP contribution in [0.5, 0.6) is 0 Å². The van der Waals surface area contributed by atoms with Gasteiger partial charge in [-0.15, -0.1) is 0 Å². The molecule has 0 amide bonds. The molecule has 5 rings (SSSR count). The average molecular weight is 411 g/mol. The maximum atomic E-state index is 9.43. The monoisotopic (exact) mass is 410 g/mol. The minimum absolute atomic E-state index is 0.632. The van der Waals surface area contributed by atoms with E-state index in [0.29, 0.717) is 5.56 Å². The number of fused-ring (bicyclic) bond motifs is 1. The number of nitriles is 1. The highest BCUT2D eigenvalue weighted by Crippen LogP contribution is 2.30. The van der Waals surface area contributed by atoms with Gasteiger partial charge >= 0.3 is 0 Å². The minimum Gasteiger partial charge on any atom is -0.300 e. The third-order valence-corrected chi connectivity index (χ3v) is 7.00. The second-order valence-corrected chi connectivity index (χ2v) is 8.98. The van der Waals surface area contributed by atoms with Crippen molar-refractivity contribution in [2.45, 2.75) is 44.7 Å². The van der Waals surface area contributed by atoms with Crippen molar-refractivity contribution in [2.24, 2.45) is 0 Å². The Kier molecular flexibility index (Phi) is 5.97. The van der Waals surface area contributed by atoms with Crippen LogP contribution in [0.15, 0.2) is 54.7 Å². The van der Waals surface area contributed by atoms with Gasteiger partial charge in [-0.1, -0.05) is 36.8 Å². The zero-order valence-corrected chi connectivity index (χ0v) is 18.1. The summed E-state index contributed by atoms with van der Waals surface area (Å²) in [6.07, 6.45) is 8.53. The lowest BCUT2D eigenvalue weighted by molar-refractivity contribution is 0.0896.